The molecule has 1 rings (SSSR count). The van der Waals surface area contributed by atoms with Crippen LogP contribution in [0, 0.1) is 0 Å². The molecule has 1 aromatic rings. The second kappa shape index (κ2) is 5.19. The molecule has 0 aliphatic rings. The quantitative estimate of drug-likeness (QED) is 0.628. The van der Waals surface area contributed by atoms with Crippen molar-refractivity contribution in [3.63, 3.8) is 0 Å². The van der Waals surface area contributed by atoms with Crippen LogP contribution in [0.5, 0.6) is 5.75 Å². The number of rotatable bonds is 3. The Bertz CT molecular complexity index is 414. The molecule has 0 bridgehead atoms. The molecule has 0 aliphatic carbocycles. The number of urea groups is 1. The van der Waals surface area contributed by atoms with Gasteiger partial charge in [0.15, 0.2) is 0 Å². The first-order chi connectivity index (χ1) is 7.87. The van der Waals surface area contributed by atoms with Crippen molar-refractivity contribution in [1.82, 2.24) is 5.43 Å². The van der Waals surface area contributed by atoms with Crippen molar-refractivity contribution in [2.45, 2.75) is 6.36 Å². The lowest BCUT2D eigenvalue weighted by molar-refractivity contribution is -0.274. The number of hydrazone groups is 1. The lowest BCUT2D eigenvalue weighted by atomic mass is 10.2. The Hall–Kier alpha value is -2.25. The number of halogens is 3. The molecule has 0 heterocycles. The van der Waals surface area contributed by atoms with Gasteiger partial charge in [-0.15, -0.1) is 13.2 Å². The van der Waals surface area contributed by atoms with Gasteiger partial charge in [0, 0.05) is 0 Å². The third-order valence-corrected chi connectivity index (χ3v) is 1.50. The molecule has 0 spiro atoms. The summed E-state index contributed by atoms with van der Waals surface area (Å²) in [4.78, 5) is 10.3. The van der Waals surface area contributed by atoms with Crippen molar-refractivity contribution >= 4 is 12.2 Å². The minimum atomic E-state index is -4.72. The van der Waals surface area contributed by atoms with Gasteiger partial charge in [0.05, 0.1) is 6.21 Å². The van der Waals surface area contributed by atoms with Crippen LogP contribution in [-0.4, -0.2) is 18.6 Å². The molecule has 0 fully saturated rings. The molecule has 0 atom stereocenters. The van der Waals surface area contributed by atoms with Crippen LogP contribution in [0.3, 0.4) is 0 Å². The number of nitrogens with zero attached hydrogens (tertiary/aromatic N) is 1. The van der Waals surface area contributed by atoms with Crippen molar-refractivity contribution in [3.05, 3.63) is 29.8 Å². The zero-order valence-electron chi connectivity index (χ0n) is 8.36. The fraction of sp³-hybridized carbons (Fsp3) is 0.111. The van der Waals surface area contributed by atoms with Crippen LogP contribution in [0.25, 0.3) is 0 Å². The molecule has 3 N–H and O–H groups in total. The lowest BCUT2D eigenvalue weighted by Gasteiger charge is -2.08. The first-order valence-electron chi connectivity index (χ1n) is 4.31. The van der Waals surface area contributed by atoms with Crippen molar-refractivity contribution in [1.29, 1.82) is 0 Å². The summed E-state index contributed by atoms with van der Waals surface area (Å²) < 4.78 is 39.1. The molecule has 0 saturated heterocycles. The second-order valence-corrected chi connectivity index (χ2v) is 2.85. The Morgan fingerprint density at radius 3 is 2.41 bits per heavy atom. The van der Waals surface area contributed by atoms with E-state index in [2.05, 4.69) is 9.84 Å². The van der Waals surface area contributed by atoms with Crippen LogP contribution < -0.4 is 15.9 Å². The fourth-order valence-electron chi connectivity index (χ4n) is 0.926. The number of alkyl halides is 3. The molecule has 0 radical (unpaired) electrons. The Morgan fingerprint density at radius 1 is 1.35 bits per heavy atom. The first-order valence-corrected chi connectivity index (χ1v) is 4.31. The van der Waals surface area contributed by atoms with Crippen molar-refractivity contribution in [2.75, 3.05) is 0 Å². The van der Waals surface area contributed by atoms with E-state index in [4.69, 9.17) is 5.73 Å². The number of primary amides is 1. The van der Waals surface area contributed by atoms with Gasteiger partial charge in [-0.25, -0.2) is 10.2 Å². The predicted octanol–water partition coefficient (Wildman–Crippen LogP) is 1.59. The summed E-state index contributed by atoms with van der Waals surface area (Å²) in [6, 6.07) is 4.09. The number of ether oxygens (including phenoxy) is 1. The van der Waals surface area contributed by atoms with E-state index in [1.54, 1.807) is 0 Å². The molecule has 5 nitrogen and oxygen atoms in total. The fourth-order valence-corrected chi connectivity index (χ4v) is 0.926. The molecular formula is C9H8F3N3O2. The lowest BCUT2D eigenvalue weighted by Crippen LogP contribution is -2.24. The Balaban J connectivity index is 2.62. The minimum Gasteiger partial charge on any atom is -0.406 e. The van der Waals surface area contributed by atoms with Crippen LogP contribution in [0.2, 0.25) is 0 Å². The minimum absolute atomic E-state index is 0.336. The number of carbonyl (C=O) groups is 1. The molecule has 1 aromatic carbocycles. The highest BCUT2D eigenvalue weighted by Gasteiger charge is 2.30. The predicted molar refractivity (Wildman–Crippen MR) is 53.4 cm³/mol. The number of nitrogens with one attached hydrogen (secondary N) is 1. The molecule has 2 amide bonds. The Morgan fingerprint density at radius 2 is 1.94 bits per heavy atom. The Kier molecular flexibility index (Phi) is 3.91. The number of carbonyl (C=O) groups excluding carboxylic acids is 1. The van der Waals surface area contributed by atoms with Gasteiger partial charge in [-0.2, -0.15) is 5.10 Å². The van der Waals surface area contributed by atoms with Gasteiger partial charge >= 0.3 is 12.4 Å². The van der Waals surface area contributed by atoms with Gasteiger partial charge in [-0.3, -0.25) is 0 Å². The average molecular weight is 247 g/mol. The highest BCUT2D eigenvalue weighted by molar-refractivity contribution is 5.81. The van der Waals surface area contributed by atoms with Gasteiger partial charge in [0.1, 0.15) is 5.75 Å². The van der Waals surface area contributed by atoms with E-state index in [1.807, 2.05) is 5.43 Å². The van der Waals surface area contributed by atoms with Crippen molar-refractivity contribution < 1.29 is 22.7 Å². The third-order valence-electron chi connectivity index (χ3n) is 1.50. The maximum atomic E-state index is 11.8. The topological polar surface area (TPSA) is 76.7 Å². The van der Waals surface area contributed by atoms with E-state index in [0.717, 1.165) is 12.1 Å². The van der Waals surface area contributed by atoms with E-state index in [0.29, 0.717) is 5.56 Å². The van der Waals surface area contributed by atoms with Crippen LogP contribution in [0.15, 0.2) is 29.4 Å². The van der Waals surface area contributed by atoms with Crippen molar-refractivity contribution in [3.8, 4) is 5.75 Å². The molecule has 8 heteroatoms. The summed E-state index contributed by atoms with van der Waals surface area (Å²) in [6.45, 7) is 0. The number of amides is 2. The standard InChI is InChI=1S/C9H8F3N3O2/c10-9(11,12)17-7-3-1-6(2-4-7)5-14-15-8(13)16/h1-5H,(H3,13,15,16). The number of hydrogen-bond donors (Lipinski definition) is 2. The van der Waals surface area contributed by atoms with Crippen LogP contribution in [0.4, 0.5) is 18.0 Å². The Labute approximate surface area is 94.1 Å². The third kappa shape index (κ3) is 5.40. The summed E-state index contributed by atoms with van der Waals surface area (Å²) in [5.41, 5.74) is 7.17. The van der Waals surface area contributed by atoms with Gasteiger partial charge in [0.2, 0.25) is 0 Å². The molecular weight excluding hydrogens is 239 g/mol. The summed E-state index contributed by atoms with van der Waals surface area (Å²) in [5, 5.41) is 3.43. The summed E-state index contributed by atoms with van der Waals surface area (Å²) in [5.74, 6) is -0.336. The number of nitrogens with two attached hydrogens (primary N) is 1. The normalized spacial score (nSPS) is 11.5. The van der Waals surface area contributed by atoms with E-state index in [1.165, 1.54) is 18.3 Å². The van der Waals surface area contributed by atoms with Gasteiger partial charge in [-0.1, -0.05) is 0 Å². The average Bonchev–Trinajstić information content (AvgIpc) is 2.18. The molecule has 0 aliphatic heterocycles. The maximum Gasteiger partial charge on any atom is 0.573 e. The number of hydrogen-bond acceptors (Lipinski definition) is 3. The van der Waals surface area contributed by atoms with Crippen LogP contribution >= 0.6 is 0 Å². The van der Waals surface area contributed by atoms with E-state index in [-0.39, 0.29) is 5.75 Å². The molecule has 0 saturated carbocycles. The molecule has 92 valence electrons. The summed E-state index contributed by atoms with van der Waals surface area (Å²) in [7, 11) is 0. The molecule has 17 heavy (non-hydrogen) atoms. The second-order valence-electron chi connectivity index (χ2n) is 2.85. The smallest absolute Gasteiger partial charge is 0.406 e. The summed E-state index contributed by atoms with van der Waals surface area (Å²) in [6.07, 6.45) is -3.49. The largest absolute Gasteiger partial charge is 0.573 e. The molecule has 0 unspecified atom stereocenters. The highest BCUT2D eigenvalue weighted by Crippen LogP contribution is 2.22. The van der Waals surface area contributed by atoms with Gasteiger partial charge in [-0.05, 0) is 29.8 Å². The zero-order valence-corrected chi connectivity index (χ0v) is 8.36. The van der Waals surface area contributed by atoms with Crippen molar-refractivity contribution in [2.24, 2.45) is 10.8 Å². The SMILES string of the molecule is NC(=O)NN=Cc1ccc(OC(F)(F)F)cc1. The van der Waals surface area contributed by atoms with Gasteiger partial charge < -0.3 is 10.5 Å². The number of benzene rings is 1. The van der Waals surface area contributed by atoms with E-state index >= 15 is 0 Å². The van der Waals surface area contributed by atoms with E-state index in [9.17, 15) is 18.0 Å². The van der Waals surface area contributed by atoms with Crippen LogP contribution in [-0.2, 0) is 0 Å². The first kappa shape index (κ1) is 12.8. The van der Waals surface area contributed by atoms with Gasteiger partial charge in [0.25, 0.3) is 0 Å². The monoisotopic (exact) mass is 247 g/mol. The van der Waals surface area contributed by atoms with Crippen LogP contribution in [0.1, 0.15) is 5.56 Å². The highest BCUT2D eigenvalue weighted by atomic mass is 19.4. The zero-order chi connectivity index (χ0) is 12.9. The maximum absolute atomic E-state index is 11.8. The molecule has 0 aromatic heterocycles. The summed E-state index contributed by atoms with van der Waals surface area (Å²) >= 11 is 0. The van der Waals surface area contributed by atoms with E-state index < -0.39 is 12.4 Å².